The third kappa shape index (κ3) is 84.2. The van der Waals surface area contributed by atoms with Gasteiger partial charge in [0.25, 0.3) is 0 Å². The van der Waals surface area contributed by atoms with Crippen molar-refractivity contribution >= 4 is 18.6 Å². The fourth-order valence-corrected chi connectivity index (χ4v) is 0. The molecule has 0 aromatic carbocycles. The lowest BCUT2D eigenvalue weighted by Crippen LogP contribution is -2.11. The molecule has 0 amide bonds. The van der Waals surface area contributed by atoms with Crippen molar-refractivity contribution in [3.63, 3.8) is 0 Å². The summed E-state index contributed by atoms with van der Waals surface area (Å²) >= 11 is 3.42. The lowest BCUT2D eigenvalue weighted by molar-refractivity contribution is -0.133. The molecule has 0 aromatic rings. The van der Waals surface area contributed by atoms with Gasteiger partial charge < -0.3 is 15.9 Å². The molecule has 0 aromatic heterocycles. The standard InChI is InChI=1S/C2H7NO.C2H4O2S/c1-2(3)4;3-2(4)1-5/h2,4H,3H2,1H3;5H,1H2,(H,3,4). The normalized spacial score (nSPS) is 11.1. The zero-order chi connectivity index (χ0) is 7.86. The van der Waals surface area contributed by atoms with Gasteiger partial charge in [-0.05, 0) is 6.92 Å². The van der Waals surface area contributed by atoms with Gasteiger partial charge in [0.2, 0.25) is 0 Å². The van der Waals surface area contributed by atoms with E-state index in [4.69, 9.17) is 10.2 Å². The molecule has 9 heavy (non-hydrogen) atoms. The van der Waals surface area contributed by atoms with Crippen molar-refractivity contribution in [2.75, 3.05) is 5.75 Å². The van der Waals surface area contributed by atoms with Crippen LogP contribution in [0.25, 0.3) is 0 Å². The summed E-state index contributed by atoms with van der Waals surface area (Å²) in [6.45, 7) is 1.50. The van der Waals surface area contributed by atoms with Crippen LogP contribution >= 0.6 is 12.6 Å². The highest BCUT2D eigenvalue weighted by atomic mass is 32.1. The fraction of sp³-hybridized carbons (Fsp3) is 0.750. The average molecular weight is 153 g/mol. The number of aliphatic hydroxyl groups excluding tert-OH is 1. The maximum Gasteiger partial charge on any atom is 0.313 e. The molecule has 4 nitrogen and oxygen atoms in total. The van der Waals surface area contributed by atoms with E-state index in [0.717, 1.165) is 0 Å². The molecule has 0 aliphatic rings. The number of carboxylic acid groups (broad SMARTS) is 1. The van der Waals surface area contributed by atoms with E-state index in [-0.39, 0.29) is 5.75 Å². The van der Waals surface area contributed by atoms with Crippen LogP contribution in [-0.2, 0) is 4.79 Å². The van der Waals surface area contributed by atoms with Gasteiger partial charge in [0.05, 0.1) is 12.0 Å². The number of carboxylic acids is 1. The Kier molecular flexibility index (Phi) is 9.91. The molecule has 0 heterocycles. The van der Waals surface area contributed by atoms with Crippen molar-refractivity contribution in [3.05, 3.63) is 0 Å². The second kappa shape index (κ2) is 7.74. The lowest BCUT2D eigenvalue weighted by Gasteiger charge is -1.82. The van der Waals surface area contributed by atoms with Crippen LogP contribution < -0.4 is 5.73 Å². The number of rotatable bonds is 1. The van der Waals surface area contributed by atoms with Crippen molar-refractivity contribution in [1.29, 1.82) is 0 Å². The highest BCUT2D eigenvalue weighted by Gasteiger charge is 1.81. The summed E-state index contributed by atoms with van der Waals surface area (Å²) < 4.78 is 0. The zero-order valence-electron chi connectivity index (χ0n) is 5.11. The van der Waals surface area contributed by atoms with E-state index in [2.05, 4.69) is 18.4 Å². The number of aliphatic carboxylic acids is 1. The van der Waals surface area contributed by atoms with E-state index in [0.29, 0.717) is 0 Å². The minimum atomic E-state index is -0.881. The molecule has 0 fully saturated rings. The van der Waals surface area contributed by atoms with E-state index >= 15 is 0 Å². The molecule has 5 heteroatoms. The van der Waals surface area contributed by atoms with Gasteiger partial charge in [-0.2, -0.15) is 12.6 Å². The summed E-state index contributed by atoms with van der Waals surface area (Å²) in [6, 6.07) is 0. The molecule has 4 N–H and O–H groups in total. The quantitative estimate of drug-likeness (QED) is 0.296. The van der Waals surface area contributed by atoms with Crippen LogP contribution in [-0.4, -0.2) is 28.2 Å². The molecule has 56 valence electrons. The third-order valence-corrected chi connectivity index (χ3v) is 0.406. The second-order valence-corrected chi connectivity index (χ2v) is 1.61. The Balaban J connectivity index is 0. The van der Waals surface area contributed by atoms with Crippen LogP contribution in [0.1, 0.15) is 6.92 Å². The van der Waals surface area contributed by atoms with Crippen molar-refractivity contribution in [2.24, 2.45) is 5.73 Å². The summed E-state index contributed by atoms with van der Waals surface area (Å²) in [6.07, 6.45) is -0.667. The lowest BCUT2D eigenvalue weighted by atomic mass is 10.7. The van der Waals surface area contributed by atoms with Crippen LogP contribution in [0.2, 0.25) is 0 Å². The Morgan fingerprint density at radius 3 is 2.00 bits per heavy atom. The van der Waals surface area contributed by atoms with Crippen LogP contribution in [0.3, 0.4) is 0 Å². The minimum Gasteiger partial charge on any atom is -0.481 e. The average Bonchev–Trinajstić information content (AvgIpc) is 1.65. The van der Waals surface area contributed by atoms with E-state index < -0.39 is 12.2 Å². The smallest absolute Gasteiger partial charge is 0.313 e. The van der Waals surface area contributed by atoms with Gasteiger partial charge in [0.1, 0.15) is 0 Å². The zero-order valence-corrected chi connectivity index (χ0v) is 6.01. The van der Waals surface area contributed by atoms with Crippen LogP contribution in [0.5, 0.6) is 0 Å². The molecule has 0 aliphatic heterocycles. The summed E-state index contributed by atoms with van der Waals surface area (Å²) in [5.74, 6) is -0.965. The maximum absolute atomic E-state index is 9.29. The summed E-state index contributed by atoms with van der Waals surface area (Å²) in [5.41, 5.74) is 4.67. The number of carbonyl (C=O) groups is 1. The molecule has 0 rings (SSSR count). The number of aliphatic hydroxyl groups is 1. The summed E-state index contributed by atoms with van der Waals surface area (Å²) in [4.78, 5) is 9.29. The predicted molar refractivity (Wildman–Crippen MR) is 37.4 cm³/mol. The van der Waals surface area contributed by atoms with E-state index in [9.17, 15) is 4.79 Å². The largest absolute Gasteiger partial charge is 0.481 e. The number of thiol groups is 1. The first-order valence-electron chi connectivity index (χ1n) is 2.27. The predicted octanol–water partition coefficient (Wildman–Crippen LogP) is -0.716. The van der Waals surface area contributed by atoms with Gasteiger partial charge in [0.15, 0.2) is 0 Å². The number of hydrogen-bond acceptors (Lipinski definition) is 4. The molecule has 1 atom stereocenters. The van der Waals surface area contributed by atoms with E-state index in [1.165, 1.54) is 6.92 Å². The fourth-order valence-electron chi connectivity index (χ4n) is 0. The maximum atomic E-state index is 9.29. The van der Waals surface area contributed by atoms with Gasteiger partial charge in [-0.15, -0.1) is 0 Å². The molecule has 0 spiro atoms. The van der Waals surface area contributed by atoms with Gasteiger partial charge >= 0.3 is 5.97 Å². The first kappa shape index (κ1) is 11.5. The Labute approximate surface area is 59.1 Å². The Morgan fingerprint density at radius 2 is 2.00 bits per heavy atom. The molecular weight excluding hydrogens is 142 g/mol. The summed E-state index contributed by atoms with van der Waals surface area (Å²) in [7, 11) is 0. The van der Waals surface area contributed by atoms with Gasteiger partial charge in [-0.3, -0.25) is 4.79 Å². The Morgan fingerprint density at radius 1 is 1.89 bits per heavy atom. The second-order valence-electron chi connectivity index (χ2n) is 1.29. The molecule has 0 saturated heterocycles. The number of nitrogens with two attached hydrogens (primary N) is 1. The molecule has 0 aliphatic carbocycles. The van der Waals surface area contributed by atoms with Gasteiger partial charge in [-0.25, -0.2) is 0 Å². The Bertz CT molecular complexity index is 73.5. The molecule has 1 unspecified atom stereocenters. The van der Waals surface area contributed by atoms with Crippen LogP contribution in [0.4, 0.5) is 0 Å². The molecule has 0 saturated carbocycles. The first-order valence-corrected chi connectivity index (χ1v) is 2.90. The minimum absolute atomic E-state index is 0.0833. The van der Waals surface area contributed by atoms with E-state index in [1.54, 1.807) is 0 Å². The van der Waals surface area contributed by atoms with Gasteiger partial charge in [-0.1, -0.05) is 0 Å². The molecule has 0 bridgehead atoms. The molecule has 0 radical (unpaired) electrons. The SMILES string of the molecule is CC(N)O.O=C(O)CS. The van der Waals surface area contributed by atoms with Crippen LogP contribution in [0, 0.1) is 0 Å². The van der Waals surface area contributed by atoms with E-state index in [1.807, 2.05) is 0 Å². The highest BCUT2D eigenvalue weighted by Crippen LogP contribution is 1.66. The number of hydrogen-bond donors (Lipinski definition) is 4. The third-order valence-electron chi connectivity index (χ3n) is 0.135. The molecular formula is C4H11NO3S. The van der Waals surface area contributed by atoms with Crippen molar-refractivity contribution in [2.45, 2.75) is 13.2 Å². The highest BCUT2D eigenvalue weighted by molar-refractivity contribution is 7.81. The van der Waals surface area contributed by atoms with Crippen molar-refractivity contribution < 1.29 is 15.0 Å². The Hall–Kier alpha value is -0.260. The van der Waals surface area contributed by atoms with Crippen LogP contribution in [0.15, 0.2) is 0 Å². The topological polar surface area (TPSA) is 83.5 Å². The monoisotopic (exact) mass is 153 g/mol. The summed E-state index contributed by atoms with van der Waals surface area (Å²) in [5, 5.41) is 15.5. The van der Waals surface area contributed by atoms with Crippen molar-refractivity contribution in [3.8, 4) is 0 Å². The van der Waals surface area contributed by atoms with Crippen molar-refractivity contribution in [1.82, 2.24) is 0 Å². The first-order chi connectivity index (χ1) is 4.00. The van der Waals surface area contributed by atoms with Gasteiger partial charge in [0, 0.05) is 0 Å².